The molecular weight excluding hydrogens is 346 g/mol. The second kappa shape index (κ2) is 8.81. The fourth-order valence-electron chi connectivity index (χ4n) is 2.16. The summed E-state index contributed by atoms with van der Waals surface area (Å²) in [6.45, 7) is 4.46. The molecule has 0 aromatic rings. The monoisotopic (exact) mass is 371 g/mol. The number of nitrogens with zero attached hydrogens (tertiary/aromatic N) is 2. The third-order valence-electron chi connectivity index (χ3n) is 3.31. The van der Waals surface area contributed by atoms with Crippen LogP contribution < -0.4 is 4.72 Å². The molecular formula is C12H25N3O6S2. The van der Waals surface area contributed by atoms with Gasteiger partial charge in [0.2, 0.25) is 20.0 Å². The van der Waals surface area contributed by atoms with Crippen molar-refractivity contribution in [1.29, 1.82) is 0 Å². The number of piperazine rings is 1. The van der Waals surface area contributed by atoms with E-state index in [4.69, 9.17) is 4.74 Å². The van der Waals surface area contributed by atoms with Gasteiger partial charge in [-0.3, -0.25) is 0 Å². The van der Waals surface area contributed by atoms with Crippen molar-refractivity contribution in [3.05, 3.63) is 0 Å². The average Bonchev–Trinajstić information content (AvgIpc) is 2.47. The molecule has 1 fully saturated rings. The van der Waals surface area contributed by atoms with E-state index in [0.29, 0.717) is 6.42 Å². The molecule has 9 nitrogen and oxygen atoms in total. The molecule has 1 N–H and O–H groups in total. The van der Waals surface area contributed by atoms with E-state index in [1.165, 1.54) is 9.21 Å². The van der Waals surface area contributed by atoms with Gasteiger partial charge in [0.15, 0.2) is 0 Å². The maximum Gasteiger partial charge on any atom is 0.409 e. The first-order valence-corrected chi connectivity index (χ1v) is 10.8. The summed E-state index contributed by atoms with van der Waals surface area (Å²) in [5, 5.41) is 0. The molecule has 0 radical (unpaired) electrons. The largest absolute Gasteiger partial charge is 0.450 e. The van der Waals surface area contributed by atoms with Crippen LogP contribution in [0.1, 0.15) is 20.3 Å². The Morgan fingerprint density at radius 2 is 1.65 bits per heavy atom. The van der Waals surface area contributed by atoms with Crippen LogP contribution in [0.4, 0.5) is 4.79 Å². The van der Waals surface area contributed by atoms with Crippen LogP contribution in [0, 0.1) is 0 Å². The van der Waals surface area contributed by atoms with Crippen molar-refractivity contribution < 1.29 is 26.4 Å². The van der Waals surface area contributed by atoms with Crippen LogP contribution >= 0.6 is 0 Å². The van der Waals surface area contributed by atoms with Crippen molar-refractivity contribution in [2.24, 2.45) is 0 Å². The van der Waals surface area contributed by atoms with E-state index in [0.717, 1.165) is 0 Å². The zero-order valence-electron chi connectivity index (χ0n) is 13.5. The normalized spacial score (nSPS) is 17.2. The predicted molar refractivity (Wildman–Crippen MR) is 86.0 cm³/mol. The Bertz CT molecular complexity index is 582. The van der Waals surface area contributed by atoms with E-state index in [1.807, 2.05) is 0 Å². The molecule has 0 aromatic heterocycles. The van der Waals surface area contributed by atoms with Crippen molar-refractivity contribution in [3.8, 4) is 0 Å². The lowest BCUT2D eigenvalue weighted by Crippen LogP contribution is -2.51. The Labute approximate surface area is 138 Å². The SMILES string of the molecule is CCCS(=O)(=O)NCCS(=O)(=O)N1CCN(C(=O)OCC)CC1. The standard InChI is InChI=1S/C12H25N3O6S2/c1-3-10-22(17,18)13-5-11-23(19,20)15-8-6-14(7-9-15)12(16)21-4-2/h13H,3-11H2,1-2H3. The molecule has 11 heteroatoms. The van der Waals surface area contributed by atoms with Gasteiger partial charge in [0.05, 0.1) is 18.1 Å². The van der Waals surface area contributed by atoms with Gasteiger partial charge in [-0.25, -0.2) is 26.4 Å². The molecule has 1 rings (SSSR count). The number of carbonyl (C=O) groups excluding carboxylic acids is 1. The van der Waals surface area contributed by atoms with Crippen molar-refractivity contribution in [2.75, 3.05) is 50.8 Å². The molecule has 0 atom stereocenters. The van der Waals surface area contributed by atoms with E-state index >= 15 is 0 Å². The average molecular weight is 371 g/mol. The van der Waals surface area contributed by atoms with E-state index in [-0.39, 0.29) is 50.8 Å². The minimum atomic E-state index is -3.55. The molecule has 0 aromatic carbocycles. The van der Waals surface area contributed by atoms with E-state index in [2.05, 4.69) is 4.72 Å². The smallest absolute Gasteiger partial charge is 0.409 e. The van der Waals surface area contributed by atoms with Gasteiger partial charge in [0.25, 0.3) is 0 Å². The molecule has 0 bridgehead atoms. The lowest BCUT2D eigenvalue weighted by molar-refractivity contribution is 0.0934. The van der Waals surface area contributed by atoms with Crippen LogP contribution in [0.15, 0.2) is 0 Å². The number of nitrogens with one attached hydrogen (secondary N) is 1. The summed E-state index contributed by atoms with van der Waals surface area (Å²) in [5.74, 6) is -0.319. The molecule has 0 unspecified atom stereocenters. The molecule has 1 aliphatic heterocycles. The molecule has 0 saturated carbocycles. The van der Waals surface area contributed by atoms with Crippen LogP contribution in [0.25, 0.3) is 0 Å². The number of ether oxygens (including phenoxy) is 1. The van der Waals surface area contributed by atoms with E-state index in [9.17, 15) is 21.6 Å². The highest BCUT2D eigenvalue weighted by atomic mass is 32.2. The van der Waals surface area contributed by atoms with Gasteiger partial charge in [-0.2, -0.15) is 4.31 Å². The molecule has 0 spiro atoms. The Morgan fingerprint density at radius 3 is 2.17 bits per heavy atom. The number of amides is 1. The summed E-state index contributed by atoms with van der Waals surface area (Å²) < 4.78 is 55.8. The number of hydrogen-bond donors (Lipinski definition) is 1. The number of sulfonamides is 2. The van der Waals surface area contributed by atoms with Crippen molar-refractivity contribution in [1.82, 2.24) is 13.9 Å². The quantitative estimate of drug-likeness (QED) is 0.611. The number of carbonyl (C=O) groups is 1. The van der Waals surface area contributed by atoms with Crippen LogP contribution in [0.3, 0.4) is 0 Å². The summed E-state index contributed by atoms with van der Waals surface area (Å²) in [4.78, 5) is 13.0. The highest BCUT2D eigenvalue weighted by Gasteiger charge is 2.29. The third-order valence-corrected chi connectivity index (χ3v) is 6.77. The van der Waals surface area contributed by atoms with Gasteiger partial charge in [0, 0.05) is 32.7 Å². The minimum Gasteiger partial charge on any atom is -0.450 e. The zero-order valence-corrected chi connectivity index (χ0v) is 15.2. The first-order valence-electron chi connectivity index (χ1n) is 7.58. The molecule has 1 saturated heterocycles. The maximum absolute atomic E-state index is 12.2. The third kappa shape index (κ3) is 6.61. The van der Waals surface area contributed by atoms with Gasteiger partial charge in [0.1, 0.15) is 0 Å². The summed E-state index contributed by atoms with van der Waals surface area (Å²) >= 11 is 0. The highest BCUT2D eigenvalue weighted by Crippen LogP contribution is 2.09. The van der Waals surface area contributed by atoms with Gasteiger partial charge in [-0.05, 0) is 13.3 Å². The molecule has 136 valence electrons. The van der Waals surface area contributed by atoms with E-state index < -0.39 is 26.1 Å². The number of hydrogen-bond acceptors (Lipinski definition) is 6. The summed E-state index contributed by atoms with van der Waals surface area (Å²) in [6, 6.07) is 0. The lowest BCUT2D eigenvalue weighted by Gasteiger charge is -2.33. The molecule has 1 aliphatic rings. The summed E-state index contributed by atoms with van der Waals surface area (Å²) in [6.07, 6.45) is 0.0228. The molecule has 23 heavy (non-hydrogen) atoms. The van der Waals surface area contributed by atoms with Crippen LogP contribution in [0.2, 0.25) is 0 Å². The summed E-state index contributed by atoms with van der Waals surface area (Å²) in [5.41, 5.74) is 0. The highest BCUT2D eigenvalue weighted by molar-refractivity contribution is 7.90. The lowest BCUT2D eigenvalue weighted by atomic mass is 10.4. The fraction of sp³-hybridized carbons (Fsp3) is 0.917. The Balaban J connectivity index is 2.45. The van der Waals surface area contributed by atoms with Crippen molar-refractivity contribution in [2.45, 2.75) is 20.3 Å². The van der Waals surface area contributed by atoms with Crippen molar-refractivity contribution in [3.63, 3.8) is 0 Å². The number of rotatable bonds is 8. The van der Waals surface area contributed by atoms with Crippen molar-refractivity contribution >= 4 is 26.1 Å². The van der Waals surface area contributed by atoms with Gasteiger partial charge < -0.3 is 9.64 Å². The van der Waals surface area contributed by atoms with Crippen LogP contribution in [0.5, 0.6) is 0 Å². The Kier molecular flexibility index (Phi) is 7.71. The minimum absolute atomic E-state index is 0.0226. The topological polar surface area (TPSA) is 113 Å². The first kappa shape index (κ1) is 20.1. The molecule has 0 aliphatic carbocycles. The van der Waals surface area contributed by atoms with Crippen LogP contribution in [-0.2, 0) is 24.8 Å². The molecule has 1 amide bonds. The zero-order chi connectivity index (χ0) is 17.5. The van der Waals surface area contributed by atoms with E-state index in [1.54, 1.807) is 13.8 Å². The van der Waals surface area contributed by atoms with Gasteiger partial charge in [-0.1, -0.05) is 6.92 Å². The Hall–Kier alpha value is -0.910. The second-order valence-electron chi connectivity index (χ2n) is 5.11. The van der Waals surface area contributed by atoms with Gasteiger partial charge >= 0.3 is 6.09 Å². The maximum atomic E-state index is 12.2. The van der Waals surface area contributed by atoms with Gasteiger partial charge in [-0.15, -0.1) is 0 Å². The van der Waals surface area contributed by atoms with Crippen LogP contribution in [-0.4, -0.2) is 83.0 Å². The first-order chi connectivity index (χ1) is 10.7. The molecule has 1 heterocycles. The predicted octanol–water partition coefficient (Wildman–Crippen LogP) is -0.580. The second-order valence-corrected chi connectivity index (χ2v) is 9.13. The summed E-state index contributed by atoms with van der Waals surface area (Å²) in [7, 11) is -6.97. The Morgan fingerprint density at radius 1 is 1.04 bits per heavy atom. The fourth-order valence-corrected chi connectivity index (χ4v) is 4.72.